The van der Waals surface area contributed by atoms with Crippen molar-refractivity contribution in [3.8, 4) is 17.2 Å². The van der Waals surface area contributed by atoms with Crippen LogP contribution in [-0.4, -0.2) is 48.7 Å². The summed E-state index contributed by atoms with van der Waals surface area (Å²) in [4.78, 5) is 26.0. The molecule has 3 N–H and O–H groups in total. The number of ether oxygens (including phenoxy) is 3. The third-order valence-electron chi connectivity index (χ3n) is 6.25. The van der Waals surface area contributed by atoms with Gasteiger partial charge in [-0.2, -0.15) is 0 Å². The van der Waals surface area contributed by atoms with Crippen LogP contribution in [0, 0.1) is 0 Å². The second-order valence-corrected chi connectivity index (χ2v) is 9.57. The highest BCUT2D eigenvalue weighted by molar-refractivity contribution is 6.30. The lowest BCUT2D eigenvalue weighted by atomic mass is 10.00. The predicted molar refractivity (Wildman–Crippen MR) is 166 cm³/mol. The highest BCUT2D eigenvalue weighted by atomic mass is 35.5. The van der Waals surface area contributed by atoms with E-state index >= 15 is 0 Å². The molecule has 1 atom stereocenters. The Morgan fingerprint density at radius 3 is 2.20 bits per heavy atom. The summed E-state index contributed by atoms with van der Waals surface area (Å²) in [5.41, 5.74) is -1.34. The Bertz CT molecular complexity index is 1420. The average molecular weight is 655 g/mol. The third kappa shape index (κ3) is 10.2. The monoisotopic (exact) mass is 654 g/mol. The average Bonchev–Trinajstić information content (AvgIpc) is 3.43. The maximum absolute atomic E-state index is 14.0. The summed E-state index contributed by atoms with van der Waals surface area (Å²) in [6.07, 6.45) is -4.42. The fraction of sp³-hybridized carbons (Fsp3) is 0.375. The quantitative estimate of drug-likeness (QED) is 0.145. The number of carboxylic acid groups (broad SMARTS) is 1. The SMILES string of the molecule is CC.CC.COc1cc(NC(O)(C(=O)N2CCc3ccc(OC(F)(F)F)cc32)c2ccc(Cl)cc2)cc(OCCCC(=O)O)c1. The van der Waals surface area contributed by atoms with E-state index in [-0.39, 0.29) is 48.7 Å². The predicted octanol–water partition coefficient (Wildman–Crippen LogP) is 7.39. The smallest absolute Gasteiger partial charge is 0.497 e. The molecule has 9 nitrogen and oxygen atoms in total. The number of carbonyl (C=O) groups is 2. The van der Waals surface area contributed by atoms with Crippen molar-refractivity contribution in [3.05, 3.63) is 76.8 Å². The molecular formula is C32H38ClF3N2O7. The molecule has 3 aromatic rings. The van der Waals surface area contributed by atoms with Crippen LogP contribution < -0.4 is 24.4 Å². The number of rotatable bonds is 11. The van der Waals surface area contributed by atoms with Crippen LogP contribution in [0.5, 0.6) is 17.2 Å². The van der Waals surface area contributed by atoms with E-state index in [2.05, 4.69) is 10.1 Å². The third-order valence-corrected chi connectivity index (χ3v) is 6.50. The lowest BCUT2D eigenvalue weighted by molar-refractivity contribution is -0.274. The Hall–Kier alpha value is -4.16. The number of nitrogens with zero attached hydrogens (tertiary/aromatic N) is 1. The maximum Gasteiger partial charge on any atom is 0.573 e. The Morgan fingerprint density at radius 2 is 1.60 bits per heavy atom. The van der Waals surface area contributed by atoms with Crippen LogP contribution in [0.3, 0.4) is 0 Å². The Balaban J connectivity index is 0.00000169. The van der Waals surface area contributed by atoms with Crippen LogP contribution in [0.15, 0.2) is 60.7 Å². The van der Waals surface area contributed by atoms with Crippen molar-refractivity contribution in [1.29, 1.82) is 0 Å². The molecule has 0 aromatic heterocycles. The summed E-state index contributed by atoms with van der Waals surface area (Å²) in [7, 11) is 1.41. The van der Waals surface area contributed by atoms with Crippen LogP contribution in [0.4, 0.5) is 24.5 Å². The molecule has 0 aliphatic carbocycles. The minimum atomic E-state index is -4.92. The number of aliphatic carboxylic acids is 1. The normalized spacial score (nSPS) is 13.2. The second kappa shape index (κ2) is 16.8. The lowest BCUT2D eigenvalue weighted by Crippen LogP contribution is -2.51. The van der Waals surface area contributed by atoms with E-state index in [4.69, 9.17) is 26.2 Å². The number of nitrogens with one attached hydrogen (secondary N) is 1. The van der Waals surface area contributed by atoms with Crippen LogP contribution in [-0.2, 0) is 21.7 Å². The molecule has 4 rings (SSSR count). The van der Waals surface area contributed by atoms with Crippen molar-refractivity contribution in [1.82, 2.24) is 0 Å². The number of hydrogen-bond donors (Lipinski definition) is 3. The van der Waals surface area contributed by atoms with Gasteiger partial charge in [-0.05, 0) is 36.6 Å². The van der Waals surface area contributed by atoms with Crippen molar-refractivity contribution < 1.29 is 47.2 Å². The summed E-state index contributed by atoms with van der Waals surface area (Å²) in [6.45, 7) is 8.18. The van der Waals surface area contributed by atoms with Crippen molar-refractivity contribution in [2.45, 2.75) is 59.0 Å². The Morgan fingerprint density at radius 1 is 0.956 bits per heavy atom. The van der Waals surface area contributed by atoms with E-state index in [0.717, 1.165) is 12.1 Å². The molecular weight excluding hydrogens is 617 g/mol. The first kappa shape index (κ1) is 37.0. The van der Waals surface area contributed by atoms with Crippen LogP contribution in [0.2, 0.25) is 5.02 Å². The number of carboxylic acids is 1. The molecule has 1 aliphatic rings. The molecule has 0 saturated carbocycles. The van der Waals surface area contributed by atoms with Gasteiger partial charge >= 0.3 is 12.3 Å². The number of fused-ring (bicyclic) bond motifs is 1. The molecule has 45 heavy (non-hydrogen) atoms. The summed E-state index contributed by atoms with van der Waals surface area (Å²) in [5, 5.41) is 24.0. The van der Waals surface area contributed by atoms with Gasteiger partial charge in [0.05, 0.1) is 19.4 Å². The standard InChI is InChI=1S/C28H26ClF3N2O7.2C2H6/c1-39-22-13-20(14-23(15-22)40-12-2-3-25(35)36)33-27(38,18-5-7-19(29)8-6-18)26(37)34-11-10-17-4-9-21(16-24(17)34)41-28(30,31)32;2*1-2/h4-9,13-16,33,38H,2-3,10-12H2,1H3,(H,35,36);2*1-2H3. The van der Waals surface area contributed by atoms with Gasteiger partial charge in [0.2, 0.25) is 5.72 Å². The van der Waals surface area contributed by atoms with Gasteiger partial charge in [0.15, 0.2) is 0 Å². The number of benzene rings is 3. The van der Waals surface area contributed by atoms with Crippen LogP contribution in [0.25, 0.3) is 0 Å². The molecule has 1 unspecified atom stereocenters. The van der Waals surface area contributed by atoms with E-state index in [1.165, 1.54) is 54.5 Å². The van der Waals surface area contributed by atoms with Crippen molar-refractivity contribution in [3.63, 3.8) is 0 Å². The van der Waals surface area contributed by atoms with Gasteiger partial charge in [-0.3, -0.25) is 9.59 Å². The van der Waals surface area contributed by atoms with E-state index in [1.54, 1.807) is 6.07 Å². The number of halogens is 4. The number of alkyl halides is 3. The van der Waals surface area contributed by atoms with Crippen LogP contribution in [0.1, 0.15) is 51.7 Å². The maximum atomic E-state index is 14.0. The molecule has 0 bridgehead atoms. The van der Waals surface area contributed by atoms with Gasteiger partial charge in [-0.15, -0.1) is 13.2 Å². The fourth-order valence-electron chi connectivity index (χ4n) is 4.37. The first-order valence-corrected chi connectivity index (χ1v) is 14.8. The molecule has 1 aliphatic heterocycles. The van der Waals surface area contributed by atoms with Crippen molar-refractivity contribution >= 4 is 34.9 Å². The molecule has 3 aromatic carbocycles. The topological polar surface area (TPSA) is 118 Å². The van der Waals surface area contributed by atoms with Gasteiger partial charge in [0.1, 0.15) is 17.2 Å². The number of aliphatic hydroxyl groups is 1. The van der Waals surface area contributed by atoms with Gasteiger partial charge < -0.3 is 34.6 Å². The van der Waals surface area contributed by atoms with Crippen molar-refractivity contribution in [2.75, 3.05) is 30.5 Å². The zero-order valence-corrected chi connectivity index (χ0v) is 26.5. The largest absolute Gasteiger partial charge is 0.573 e. The zero-order valence-electron chi connectivity index (χ0n) is 25.7. The van der Waals surface area contributed by atoms with E-state index in [1.807, 2.05) is 27.7 Å². The second-order valence-electron chi connectivity index (χ2n) is 9.13. The van der Waals surface area contributed by atoms with Gasteiger partial charge in [-0.25, -0.2) is 0 Å². The molecule has 0 saturated heterocycles. The minimum absolute atomic E-state index is 0.0895. The molecule has 0 radical (unpaired) electrons. The van der Waals surface area contributed by atoms with Crippen molar-refractivity contribution in [2.24, 2.45) is 0 Å². The summed E-state index contributed by atoms with van der Waals surface area (Å²) >= 11 is 6.03. The lowest BCUT2D eigenvalue weighted by Gasteiger charge is -2.33. The number of amides is 1. The first-order chi connectivity index (χ1) is 21.4. The number of anilines is 2. The number of hydrogen-bond acceptors (Lipinski definition) is 7. The Labute approximate surface area is 265 Å². The first-order valence-electron chi connectivity index (χ1n) is 14.4. The molecule has 1 amide bonds. The zero-order chi connectivity index (χ0) is 33.8. The van der Waals surface area contributed by atoms with Gasteiger partial charge in [0, 0.05) is 53.5 Å². The summed E-state index contributed by atoms with van der Waals surface area (Å²) in [6, 6.07) is 14.1. The van der Waals surface area contributed by atoms with Gasteiger partial charge in [0.25, 0.3) is 5.91 Å². The van der Waals surface area contributed by atoms with Gasteiger partial charge in [-0.1, -0.05) is 57.5 Å². The minimum Gasteiger partial charge on any atom is -0.497 e. The van der Waals surface area contributed by atoms with E-state index in [0.29, 0.717) is 22.8 Å². The molecule has 0 fully saturated rings. The molecule has 1 heterocycles. The van der Waals surface area contributed by atoms with E-state index < -0.39 is 29.7 Å². The highest BCUT2D eigenvalue weighted by Gasteiger charge is 2.44. The highest BCUT2D eigenvalue weighted by Crippen LogP contribution is 2.38. The number of methoxy groups -OCH3 is 1. The molecule has 246 valence electrons. The summed E-state index contributed by atoms with van der Waals surface area (Å²) in [5.74, 6) is -1.74. The molecule has 0 spiro atoms. The van der Waals surface area contributed by atoms with Crippen LogP contribution >= 0.6 is 11.6 Å². The molecule has 13 heteroatoms. The fourth-order valence-corrected chi connectivity index (χ4v) is 4.50. The Kier molecular flexibility index (Phi) is 13.8. The number of carbonyl (C=O) groups excluding carboxylic acids is 1. The summed E-state index contributed by atoms with van der Waals surface area (Å²) < 4.78 is 53.6. The van der Waals surface area contributed by atoms with E-state index in [9.17, 15) is 27.9 Å².